The molecule has 32 heavy (non-hydrogen) atoms. The molecule has 0 bridgehead atoms. The van der Waals surface area contributed by atoms with Gasteiger partial charge in [-0.15, -0.1) is 0 Å². The maximum absolute atomic E-state index is 12.6. The number of carbonyl (C=O) groups is 1. The van der Waals surface area contributed by atoms with Crippen molar-refractivity contribution in [3.8, 4) is 0 Å². The van der Waals surface area contributed by atoms with Crippen molar-refractivity contribution < 1.29 is 9.18 Å². The number of anilines is 1. The lowest BCUT2D eigenvalue weighted by atomic mass is 9.90. The monoisotopic (exact) mass is 439 g/mol. The van der Waals surface area contributed by atoms with Crippen LogP contribution in [-0.4, -0.2) is 74.2 Å². The van der Waals surface area contributed by atoms with Crippen molar-refractivity contribution in [1.29, 1.82) is 0 Å². The predicted molar refractivity (Wildman–Crippen MR) is 120 cm³/mol. The van der Waals surface area contributed by atoms with Crippen LogP contribution in [0.25, 0.3) is 0 Å². The van der Waals surface area contributed by atoms with Crippen LogP contribution in [0.4, 0.5) is 10.2 Å². The summed E-state index contributed by atoms with van der Waals surface area (Å²) in [4.78, 5) is 23.9. The van der Waals surface area contributed by atoms with Crippen LogP contribution in [0.2, 0.25) is 0 Å². The molecule has 3 atom stereocenters. The average molecular weight is 440 g/mol. The lowest BCUT2D eigenvalue weighted by molar-refractivity contribution is 0.00534. The van der Waals surface area contributed by atoms with Crippen molar-refractivity contribution in [3.05, 3.63) is 53.2 Å². The van der Waals surface area contributed by atoms with E-state index in [2.05, 4.69) is 62.0 Å². The zero-order valence-electron chi connectivity index (χ0n) is 18.8. The normalized spacial score (nSPS) is 26.9. The van der Waals surface area contributed by atoms with Gasteiger partial charge in [0.05, 0.1) is 18.9 Å². The Bertz CT molecular complexity index is 1040. The predicted octanol–water partition coefficient (Wildman–Crippen LogP) is 2.70. The van der Waals surface area contributed by atoms with Crippen LogP contribution in [-0.2, 0) is 12.1 Å². The number of nitrogens with one attached hydrogen (secondary N) is 2. The van der Waals surface area contributed by atoms with Crippen molar-refractivity contribution in [1.82, 2.24) is 29.9 Å². The first-order valence-corrected chi connectivity index (χ1v) is 11.3. The third-order valence-corrected chi connectivity index (χ3v) is 7.05. The molecular weight excluding hydrogens is 409 g/mol. The van der Waals surface area contributed by atoms with Crippen LogP contribution in [0.3, 0.4) is 0 Å². The van der Waals surface area contributed by atoms with Crippen LogP contribution < -0.4 is 5.32 Å². The maximum atomic E-state index is 12.6. The molecule has 170 valence electrons. The number of rotatable bonds is 6. The van der Waals surface area contributed by atoms with Gasteiger partial charge in [-0.2, -0.15) is 5.10 Å². The van der Waals surface area contributed by atoms with Gasteiger partial charge < -0.3 is 15.1 Å². The van der Waals surface area contributed by atoms with Gasteiger partial charge in [-0.05, 0) is 45.4 Å². The molecule has 1 amide bonds. The van der Waals surface area contributed by atoms with E-state index in [-0.39, 0.29) is 18.1 Å². The molecular formula is C23H30FN7O. The number of fused-ring (bicyclic) bond motifs is 3. The van der Waals surface area contributed by atoms with Gasteiger partial charge in [-0.3, -0.25) is 24.2 Å². The molecule has 1 fully saturated rings. The largest absolute Gasteiger partial charge is 0.353 e. The molecule has 0 radical (unpaired) electrons. The number of aromatic amines is 1. The second kappa shape index (κ2) is 7.88. The molecule has 0 saturated carbocycles. The first kappa shape index (κ1) is 20.9. The van der Waals surface area contributed by atoms with E-state index in [4.69, 9.17) is 0 Å². The summed E-state index contributed by atoms with van der Waals surface area (Å²) in [6.07, 6.45) is 4.49. The Labute approximate surface area is 187 Å². The number of hydrogen-bond donors (Lipinski definition) is 2. The summed E-state index contributed by atoms with van der Waals surface area (Å²) in [7, 11) is 0. The van der Waals surface area contributed by atoms with Crippen molar-refractivity contribution in [3.63, 3.8) is 0 Å². The Balaban J connectivity index is 1.30. The van der Waals surface area contributed by atoms with Gasteiger partial charge in [0.25, 0.3) is 5.91 Å². The molecule has 2 aromatic rings. The van der Waals surface area contributed by atoms with Crippen LogP contribution in [0, 0.1) is 0 Å². The standard InChI is InChI=1S/C23H30FN7O/c1-15-13-30(16(2)12-29(15)10-6-8-24)19-11-23(3)20-17(14-31(19)23)21(28-27-20)26-22(32)18-7-4-5-9-25-18/h4-5,7,9,11,15-16H,6,8,10,12-14H2,1-3H3,(H2,26,27,28,32)/t15-,16+,23?/m1/s1. The topological polar surface area (TPSA) is 80.4 Å². The van der Waals surface area contributed by atoms with Gasteiger partial charge >= 0.3 is 0 Å². The van der Waals surface area contributed by atoms with Crippen molar-refractivity contribution in [2.24, 2.45) is 0 Å². The minimum Gasteiger partial charge on any atom is -0.353 e. The van der Waals surface area contributed by atoms with Crippen molar-refractivity contribution in [2.75, 3.05) is 31.6 Å². The van der Waals surface area contributed by atoms with E-state index >= 15 is 0 Å². The van der Waals surface area contributed by atoms with Crippen LogP contribution >= 0.6 is 0 Å². The molecule has 1 saturated heterocycles. The van der Waals surface area contributed by atoms with E-state index in [1.807, 2.05) is 0 Å². The van der Waals surface area contributed by atoms with Crippen LogP contribution in [0.15, 0.2) is 36.3 Å². The van der Waals surface area contributed by atoms with E-state index in [0.29, 0.717) is 36.6 Å². The van der Waals surface area contributed by atoms with Gasteiger partial charge in [0.2, 0.25) is 0 Å². The van der Waals surface area contributed by atoms with Crippen LogP contribution in [0.1, 0.15) is 48.9 Å². The molecule has 5 heterocycles. The molecule has 9 heteroatoms. The SMILES string of the molecule is C[C@@H]1CN(C2=CC3(C)c4[nH]nc(NC(=O)c5ccccn5)c4CN23)[C@@H](C)CN1CCCF. The molecule has 2 aromatic heterocycles. The Morgan fingerprint density at radius 1 is 1.31 bits per heavy atom. The van der Waals surface area contributed by atoms with Crippen molar-refractivity contribution >= 4 is 11.7 Å². The highest BCUT2D eigenvalue weighted by atomic mass is 19.1. The van der Waals surface area contributed by atoms with Gasteiger partial charge in [0.15, 0.2) is 5.82 Å². The van der Waals surface area contributed by atoms with E-state index in [1.54, 1.807) is 24.4 Å². The highest BCUT2D eigenvalue weighted by Crippen LogP contribution is 2.51. The number of H-pyrrole nitrogens is 1. The highest BCUT2D eigenvalue weighted by molar-refractivity contribution is 6.02. The van der Waals surface area contributed by atoms with E-state index in [1.165, 1.54) is 5.82 Å². The molecule has 5 rings (SSSR count). The number of carbonyl (C=O) groups excluding carboxylic acids is 1. The number of amides is 1. The number of alkyl halides is 1. The summed E-state index contributed by atoms with van der Waals surface area (Å²) in [6, 6.07) is 5.99. The molecule has 1 unspecified atom stereocenters. The number of halogens is 1. The third kappa shape index (κ3) is 3.26. The number of nitrogens with zero attached hydrogens (tertiary/aromatic N) is 5. The molecule has 3 aliphatic heterocycles. The number of hydrogen-bond acceptors (Lipinski definition) is 6. The summed E-state index contributed by atoms with van der Waals surface area (Å²) >= 11 is 0. The van der Waals surface area contributed by atoms with Gasteiger partial charge in [-0.25, -0.2) is 0 Å². The second-order valence-electron chi connectivity index (χ2n) is 9.22. The summed E-state index contributed by atoms with van der Waals surface area (Å²) in [5.41, 5.74) is 2.16. The number of pyridine rings is 1. The van der Waals surface area contributed by atoms with Gasteiger partial charge in [-0.1, -0.05) is 6.07 Å². The smallest absolute Gasteiger partial charge is 0.275 e. The second-order valence-corrected chi connectivity index (χ2v) is 9.22. The lowest BCUT2D eigenvalue weighted by Gasteiger charge is -2.54. The molecule has 0 aliphatic carbocycles. The van der Waals surface area contributed by atoms with Crippen molar-refractivity contribution in [2.45, 2.75) is 51.4 Å². The van der Waals surface area contributed by atoms with E-state index in [9.17, 15) is 9.18 Å². The van der Waals surface area contributed by atoms with Gasteiger partial charge in [0.1, 0.15) is 17.1 Å². The highest BCUT2D eigenvalue weighted by Gasteiger charge is 2.53. The first-order chi connectivity index (χ1) is 15.4. The zero-order valence-corrected chi connectivity index (χ0v) is 18.8. The average Bonchev–Trinajstić information content (AvgIpc) is 3.28. The third-order valence-electron chi connectivity index (χ3n) is 7.05. The number of piperazine rings is 1. The maximum Gasteiger partial charge on any atom is 0.275 e. The Morgan fingerprint density at radius 2 is 2.16 bits per heavy atom. The molecule has 0 spiro atoms. The summed E-state index contributed by atoms with van der Waals surface area (Å²) < 4.78 is 12.6. The lowest BCUT2D eigenvalue weighted by Crippen LogP contribution is -2.61. The Kier molecular flexibility index (Phi) is 5.16. The van der Waals surface area contributed by atoms with E-state index < -0.39 is 0 Å². The van der Waals surface area contributed by atoms with E-state index in [0.717, 1.165) is 30.9 Å². The minimum absolute atomic E-state index is 0.250. The molecule has 3 aliphatic rings. The minimum atomic E-state index is -0.265. The Morgan fingerprint density at radius 3 is 2.91 bits per heavy atom. The summed E-state index contributed by atoms with van der Waals surface area (Å²) in [6.45, 7) is 9.72. The molecule has 0 aromatic carbocycles. The summed E-state index contributed by atoms with van der Waals surface area (Å²) in [5.74, 6) is 1.53. The Hall–Kier alpha value is -2.94. The first-order valence-electron chi connectivity index (χ1n) is 11.3. The quantitative estimate of drug-likeness (QED) is 0.721. The number of aromatic nitrogens is 3. The van der Waals surface area contributed by atoms with Crippen LogP contribution in [0.5, 0.6) is 0 Å². The molecule has 8 nitrogen and oxygen atoms in total. The fraction of sp³-hybridized carbons (Fsp3) is 0.522. The molecule has 2 N–H and O–H groups in total. The summed E-state index contributed by atoms with van der Waals surface area (Å²) in [5, 5.41) is 10.4. The zero-order chi connectivity index (χ0) is 22.5. The van der Waals surface area contributed by atoms with Gasteiger partial charge in [0, 0.05) is 43.5 Å². The fourth-order valence-corrected chi connectivity index (χ4v) is 5.23. The fourth-order valence-electron chi connectivity index (χ4n) is 5.23.